The summed E-state index contributed by atoms with van der Waals surface area (Å²) >= 11 is 5.63. The first-order valence-electron chi connectivity index (χ1n) is 3.20. The summed E-state index contributed by atoms with van der Waals surface area (Å²) in [5, 5.41) is 0.237. The topological polar surface area (TPSA) is 60.2 Å². The van der Waals surface area contributed by atoms with Gasteiger partial charge in [-0.2, -0.15) is 0 Å². The number of aldehydes is 1. The molecule has 0 aliphatic heterocycles. The molecule has 0 saturated carbocycles. The van der Waals surface area contributed by atoms with Crippen LogP contribution in [0.2, 0.25) is 5.02 Å². The second-order valence-electron chi connectivity index (χ2n) is 2.18. The third-order valence-corrected chi connectivity index (χ3v) is 1.77. The summed E-state index contributed by atoms with van der Waals surface area (Å²) in [6.45, 7) is 0. The van der Waals surface area contributed by atoms with Crippen LogP contribution in [0.1, 0.15) is 20.7 Å². The number of carbonyl (C=O) groups excluding carboxylic acids is 2. The second-order valence-corrected chi connectivity index (χ2v) is 2.59. The Morgan fingerprint density at radius 2 is 2.17 bits per heavy atom. The van der Waals surface area contributed by atoms with Gasteiger partial charge in [0.05, 0.1) is 10.6 Å². The number of benzene rings is 1. The fourth-order valence-corrected chi connectivity index (χ4v) is 1.09. The quantitative estimate of drug-likeness (QED) is 0.702. The van der Waals surface area contributed by atoms with Crippen LogP contribution in [0.3, 0.4) is 0 Å². The normalized spacial score (nSPS) is 9.42. The molecule has 0 bridgehead atoms. The summed E-state index contributed by atoms with van der Waals surface area (Å²) in [6, 6.07) is 4.55. The molecule has 0 saturated heterocycles. The highest BCUT2D eigenvalue weighted by Crippen LogP contribution is 2.17. The van der Waals surface area contributed by atoms with E-state index in [0.29, 0.717) is 6.29 Å². The van der Waals surface area contributed by atoms with Gasteiger partial charge in [-0.25, -0.2) is 0 Å². The van der Waals surface area contributed by atoms with Gasteiger partial charge in [0.2, 0.25) is 5.91 Å². The average molecular weight is 184 g/mol. The Labute approximate surface area is 74.1 Å². The minimum atomic E-state index is -0.653. The van der Waals surface area contributed by atoms with Crippen LogP contribution in [0.15, 0.2) is 18.2 Å². The zero-order valence-corrected chi connectivity index (χ0v) is 6.84. The van der Waals surface area contributed by atoms with Gasteiger partial charge in [0.1, 0.15) is 0 Å². The van der Waals surface area contributed by atoms with E-state index in [-0.39, 0.29) is 16.1 Å². The van der Waals surface area contributed by atoms with Crippen molar-refractivity contribution in [3.8, 4) is 0 Å². The first-order valence-corrected chi connectivity index (χ1v) is 3.58. The molecule has 1 aromatic rings. The lowest BCUT2D eigenvalue weighted by Crippen LogP contribution is -2.13. The molecule has 0 spiro atoms. The van der Waals surface area contributed by atoms with Gasteiger partial charge in [0, 0.05) is 5.56 Å². The van der Waals surface area contributed by atoms with E-state index >= 15 is 0 Å². The highest BCUT2D eigenvalue weighted by molar-refractivity contribution is 6.33. The summed E-state index contributed by atoms with van der Waals surface area (Å²) in [4.78, 5) is 21.2. The lowest BCUT2D eigenvalue weighted by Gasteiger charge is -2.00. The molecule has 3 nitrogen and oxygen atoms in total. The zero-order valence-electron chi connectivity index (χ0n) is 6.08. The number of hydrogen-bond donors (Lipinski definition) is 1. The van der Waals surface area contributed by atoms with Crippen molar-refractivity contribution in [2.24, 2.45) is 5.73 Å². The third-order valence-electron chi connectivity index (χ3n) is 1.44. The Morgan fingerprint density at radius 1 is 1.50 bits per heavy atom. The van der Waals surface area contributed by atoms with Gasteiger partial charge < -0.3 is 5.73 Å². The van der Waals surface area contributed by atoms with Gasteiger partial charge in [-0.1, -0.05) is 17.7 Å². The van der Waals surface area contributed by atoms with E-state index in [1.54, 1.807) is 6.07 Å². The predicted octanol–water partition coefficient (Wildman–Crippen LogP) is 1.25. The first-order chi connectivity index (χ1) is 5.66. The van der Waals surface area contributed by atoms with Gasteiger partial charge in [-0.3, -0.25) is 9.59 Å². The van der Waals surface area contributed by atoms with Gasteiger partial charge in [0.25, 0.3) is 0 Å². The summed E-state index contributed by atoms with van der Waals surface area (Å²) in [7, 11) is 0. The molecule has 0 heterocycles. The van der Waals surface area contributed by atoms with Gasteiger partial charge in [0.15, 0.2) is 6.29 Å². The molecule has 1 aromatic carbocycles. The molecule has 0 unspecified atom stereocenters. The van der Waals surface area contributed by atoms with E-state index in [9.17, 15) is 9.59 Å². The number of hydrogen-bond acceptors (Lipinski definition) is 2. The molecular weight excluding hydrogens is 178 g/mol. The number of nitrogens with two attached hydrogens (primary N) is 1. The van der Waals surface area contributed by atoms with Crippen LogP contribution in [-0.4, -0.2) is 12.2 Å². The summed E-state index contributed by atoms with van der Waals surface area (Å²) in [6.07, 6.45) is 0.516. The monoisotopic (exact) mass is 183 g/mol. The Bertz CT molecular complexity index is 336. The summed E-state index contributed by atoms with van der Waals surface area (Å²) in [5.41, 5.74) is 5.30. The lowest BCUT2D eigenvalue weighted by molar-refractivity contribution is 0.0993. The molecule has 0 aliphatic carbocycles. The van der Waals surface area contributed by atoms with Crippen LogP contribution >= 0.6 is 11.6 Å². The van der Waals surface area contributed by atoms with Gasteiger partial charge in [-0.05, 0) is 12.1 Å². The van der Waals surface area contributed by atoms with Crippen molar-refractivity contribution < 1.29 is 9.59 Å². The molecule has 0 aliphatic rings. The average Bonchev–Trinajstić information content (AvgIpc) is 2.03. The fraction of sp³-hybridized carbons (Fsp3) is 0. The maximum Gasteiger partial charge on any atom is 0.249 e. The van der Waals surface area contributed by atoms with E-state index in [4.69, 9.17) is 17.3 Å². The molecule has 1 amide bonds. The molecule has 4 heteroatoms. The second kappa shape index (κ2) is 3.36. The van der Waals surface area contributed by atoms with Crippen molar-refractivity contribution in [3.05, 3.63) is 34.3 Å². The maximum atomic E-state index is 10.7. The van der Waals surface area contributed by atoms with Crippen molar-refractivity contribution in [3.63, 3.8) is 0 Å². The molecule has 0 atom stereocenters. The lowest BCUT2D eigenvalue weighted by atomic mass is 10.1. The van der Waals surface area contributed by atoms with Crippen molar-refractivity contribution in [1.29, 1.82) is 0 Å². The van der Waals surface area contributed by atoms with Crippen molar-refractivity contribution >= 4 is 23.8 Å². The predicted molar refractivity (Wildman–Crippen MR) is 45.4 cm³/mol. The van der Waals surface area contributed by atoms with E-state index in [0.717, 1.165) is 0 Å². The van der Waals surface area contributed by atoms with E-state index in [1.165, 1.54) is 12.1 Å². The van der Waals surface area contributed by atoms with Crippen molar-refractivity contribution in [2.45, 2.75) is 0 Å². The molecule has 1 rings (SSSR count). The standard InChI is InChI=1S/C8H6ClNO2/c9-7-3-1-2-5(8(10)12)6(7)4-11/h1-4H,(H2,10,12). The SMILES string of the molecule is NC(=O)c1cccc(Cl)c1C=O. The van der Waals surface area contributed by atoms with Crippen LogP contribution in [0.5, 0.6) is 0 Å². The highest BCUT2D eigenvalue weighted by atomic mass is 35.5. The Hall–Kier alpha value is -1.35. The van der Waals surface area contributed by atoms with Crippen LogP contribution in [0.25, 0.3) is 0 Å². The largest absolute Gasteiger partial charge is 0.366 e. The molecule has 12 heavy (non-hydrogen) atoms. The molecule has 2 N–H and O–H groups in total. The van der Waals surface area contributed by atoms with Crippen LogP contribution in [0.4, 0.5) is 0 Å². The Kier molecular flexibility index (Phi) is 2.45. The van der Waals surface area contributed by atoms with Crippen LogP contribution < -0.4 is 5.73 Å². The number of halogens is 1. The summed E-state index contributed by atoms with van der Waals surface area (Å²) in [5.74, 6) is -0.653. The Balaban J connectivity index is 3.37. The van der Waals surface area contributed by atoms with Crippen LogP contribution in [0, 0.1) is 0 Å². The van der Waals surface area contributed by atoms with Crippen molar-refractivity contribution in [1.82, 2.24) is 0 Å². The highest BCUT2D eigenvalue weighted by Gasteiger charge is 2.09. The fourth-order valence-electron chi connectivity index (χ4n) is 0.872. The zero-order chi connectivity index (χ0) is 9.14. The first kappa shape index (κ1) is 8.74. The van der Waals surface area contributed by atoms with Gasteiger partial charge in [-0.15, -0.1) is 0 Å². The molecule has 62 valence electrons. The van der Waals surface area contributed by atoms with E-state index in [1.807, 2.05) is 0 Å². The van der Waals surface area contributed by atoms with Gasteiger partial charge >= 0.3 is 0 Å². The van der Waals surface area contributed by atoms with Crippen molar-refractivity contribution in [2.75, 3.05) is 0 Å². The smallest absolute Gasteiger partial charge is 0.249 e. The maximum absolute atomic E-state index is 10.7. The third kappa shape index (κ3) is 1.46. The molecule has 0 aromatic heterocycles. The summed E-state index contributed by atoms with van der Waals surface area (Å²) < 4.78 is 0. The van der Waals surface area contributed by atoms with E-state index < -0.39 is 5.91 Å². The van der Waals surface area contributed by atoms with E-state index in [2.05, 4.69) is 0 Å². The molecule has 0 fully saturated rings. The molecule has 0 radical (unpaired) electrons. The number of carbonyl (C=O) groups is 2. The molecular formula is C8H6ClNO2. The number of primary amides is 1. The van der Waals surface area contributed by atoms with Crippen LogP contribution in [-0.2, 0) is 0 Å². The minimum Gasteiger partial charge on any atom is -0.366 e. The number of rotatable bonds is 2. The Morgan fingerprint density at radius 3 is 2.58 bits per heavy atom. The number of amides is 1. The minimum absolute atomic E-state index is 0.145.